The zero-order valence-corrected chi connectivity index (χ0v) is 22.2. The lowest BCUT2D eigenvalue weighted by atomic mass is 10.0. The molecule has 9 nitrogen and oxygen atoms in total. The van der Waals surface area contributed by atoms with E-state index in [-0.39, 0.29) is 30.0 Å². The van der Waals surface area contributed by atoms with Crippen molar-refractivity contribution in [2.75, 3.05) is 60.2 Å². The lowest BCUT2D eigenvalue weighted by Gasteiger charge is -2.34. The molecule has 2 N–H and O–H groups in total. The first-order valence-corrected chi connectivity index (χ1v) is 11.3. The molecule has 0 bridgehead atoms. The lowest BCUT2D eigenvalue weighted by molar-refractivity contribution is 0.0179. The van der Waals surface area contributed by atoms with Crippen molar-refractivity contribution in [2.24, 2.45) is 4.99 Å². The molecule has 2 aromatic rings. The summed E-state index contributed by atoms with van der Waals surface area (Å²) in [6, 6.07) is 8.18. The summed E-state index contributed by atoms with van der Waals surface area (Å²) in [7, 11) is 3.32. The maximum atomic E-state index is 5.57. The van der Waals surface area contributed by atoms with Gasteiger partial charge in [-0.05, 0) is 37.1 Å². The quantitative estimate of drug-likeness (QED) is 0.185. The highest BCUT2D eigenvalue weighted by molar-refractivity contribution is 14.0. The second-order valence-corrected chi connectivity index (χ2v) is 7.55. The third-order valence-corrected chi connectivity index (χ3v) is 5.46. The number of aryl methyl sites for hydroxylation is 1. The highest BCUT2D eigenvalue weighted by Gasteiger charge is 2.24. The molecule has 0 radical (unpaired) electrons. The predicted octanol–water partition coefficient (Wildman–Crippen LogP) is 2.54. The fourth-order valence-corrected chi connectivity index (χ4v) is 3.78. The Bertz CT molecular complexity index is 828. The van der Waals surface area contributed by atoms with E-state index in [0.29, 0.717) is 6.54 Å². The number of aliphatic imine (C=N–C) groups is 1. The van der Waals surface area contributed by atoms with Gasteiger partial charge in [-0.15, -0.1) is 24.0 Å². The summed E-state index contributed by atoms with van der Waals surface area (Å²) in [4.78, 5) is 7.34. The number of nitrogens with zero attached hydrogens (tertiary/aromatic N) is 4. The van der Waals surface area contributed by atoms with Crippen LogP contribution in [0.5, 0.6) is 11.5 Å². The first-order chi connectivity index (χ1) is 15.7. The minimum atomic E-state index is 0. The molecule has 1 fully saturated rings. The Labute approximate surface area is 213 Å². The number of halogens is 1. The van der Waals surface area contributed by atoms with Gasteiger partial charge in [-0.1, -0.05) is 6.07 Å². The van der Waals surface area contributed by atoms with Crippen LogP contribution in [0.2, 0.25) is 0 Å². The molecule has 2 heterocycles. The van der Waals surface area contributed by atoms with Gasteiger partial charge in [-0.25, -0.2) is 0 Å². The molecule has 3 rings (SSSR count). The molecule has 0 amide bonds. The van der Waals surface area contributed by atoms with Gasteiger partial charge >= 0.3 is 0 Å². The van der Waals surface area contributed by atoms with Crippen molar-refractivity contribution < 1.29 is 14.2 Å². The Hall–Kier alpha value is -2.05. The zero-order valence-electron chi connectivity index (χ0n) is 19.8. The molecule has 33 heavy (non-hydrogen) atoms. The van der Waals surface area contributed by atoms with Crippen molar-refractivity contribution in [3.63, 3.8) is 0 Å². The van der Waals surface area contributed by atoms with Crippen LogP contribution in [0.3, 0.4) is 0 Å². The summed E-state index contributed by atoms with van der Waals surface area (Å²) in [5.41, 5.74) is 1.16. The largest absolute Gasteiger partial charge is 0.493 e. The van der Waals surface area contributed by atoms with Crippen LogP contribution >= 0.6 is 24.0 Å². The molecular weight excluding hydrogens is 535 g/mol. The van der Waals surface area contributed by atoms with E-state index in [1.54, 1.807) is 20.4 Å². The van der Waals surface area contributed by atoms with E-state index in [1.807, 2.05) is 23.0 Å². The smallest absolute Gasteiger partial charge is 0.191 e. The number of hydrogen-bond donors (Lipinski definition) is 2. The van der Waals surface area contributed by atoms with Gasteiger partial charge in [0, 0.05) is 45.1 Å². The fourth-order valence-electron chi connectivity index (χ4n) is 3.78. The van der Waals surface area contributed by atoms with Gasteiger partial charge in [-0.3, -0.25) is 14.6 Å². The van der Waals surface area contributed by atoms with Crippen LogP contribution in [-0.2, 0) is 11.3 Å². The third-order valence-electron chi connectivity index (χ3n) is 5.46. The molecule has 1 aliphatic heterocycles. The zero-order chi connectivity index (χ0) is 22.6. The lowest BCUT2D eigenvalue weighted by Crippen LogP contribution is -2.42. The second-order valence-electron chi connectivity index (χ2n) is 7.55. The number of guanidine groups is 1. The highest BCUT2D eigenvalue weighted by atomic mass is 127. The van der Waals surface area contributed by atoms with Gasteiger partial charge in [0.15, 0.2) is 17.5 Å². The van der Waals surface area contributed by atoms with Gasteiger partial charge in [-0.2, -0.15) is 5.10 Å². The molecule has 0 aliphatic carbocycles. The normalized spacial score (nSPS) is 15.4. The molecule has 0 spiro atoms. The number of rotatable bonds is 11. The summed E-state index contributed by atoms with van der Waals surface area (Å²) in [6.07, 6.45) is 4.75. The molecular formula is C23H37IN6O3. The Morgan fingerprint density at radius 3 is 2.64 bits per heavy atom. The molecule has 1 aliphatic rings. The Morgan fingerprint density at radius 1 is 1.18 bits per heavy atom. The van der Waals surface area contributed by atoms with Crippen molar-refractivity contribution in [3.8, 4) is 11.5 Å². The third kappa shape index (κ3) is 8.35. The Kier molecular flexibility index (Phi) is 12.3. The number of ether oxygens (including phenoxy) is 3. The minimum Gasteiger partial charge on any atom is -0.493 e. The number of nitrogens with one attached hydrogen (secondary N) is 2. The van der Waals surface area contributed by atoms with Crippen LogP contribution in [0.15, 0.2) is 41.7 Å². The van der Waals surface area contributed by atoms with E-state index in [0.717, 1.165) is 75.4 Å². The van der Waals surface area contributed by atoms with Crippen molar-refractivity contribution >= 4 is 29.9 Å². The average Bonchev–Trinajstić information content (AvgIpc) is 3.36. The van der Waals surface area contributed by atoms with Crippen molar-refractivity contribution in [3.05, 3.63) is 42.2 Å². The van der Waals surface area contributed by atoms with Gasteiger partial charge in [0.2, 0.25) is 0 Å². The molecule has 0 saturated carbocycles. The van der Waals surface area contributed by atoms with Crippen LogP contribution in [0.1, 0.15) is 24.9 Å². The molecule has 1 unspecified atom stereocenters. The Balaban J connectivity index is 0.00000385. The molecule has 184 valence electrons. The number of benzene rings is 1. The van der Waals surface area contributed by atoms with Gasteiger partial charge in [0.05, 0.1) is 40.0 Å². The van der Waals surface area contributed by atoms with E-state index in [4.69, 9.17) is 19.2 Å². The summed E-state index contributed by atoms with van der Waals surface area (Å²) >= 11 is 0. The van der Waals surface area contributed by atoms with E-state index < -0.39 is 0 Å². The standard InChI is InChI=1S/C23H36N6O3.HI/c1-4-24-23(25-9-5-11-29-12-6-10-27-29)26-18-20(28-13-15-32-16-14-28)19-7-8-21(30-2)22(17-19)31-3;/h6-8,10,12,17,20H,4-5,9,11,13-16,18H2,1-3H3,(H2,24,25,26);1H. The van der Waals surface area contributed by atoms with Crippen molar-refractivity contribution in [1.82, 2.24) is 25.3 Å². The van der Waals surface area contributed by atoms with Crippen LogP contribution in [0.4, 0.5) is 0 Å². The first-order valence-electron chi connectivity index (χ1n) is 11.3. The van der Waals surface area contributed by atoms with E-state index in [2.05, 4.69) is 39.7 Å². The topological polar surface area (TPSA) is 85.2 Å². The molecule has 1 saturated heterocycles. The van der Waals surface area contributed by atoms with Crippen LogP contribution in [-0.4, -0.2) is 80.8 Å². The summed E-state index contributed by atoms with van der Waals surface area (Å²) in [6.45, 7) is 8.44. The summed E-state index contributed by atoms with van der Waals surface area (Å²) in [5, 5.41) is 11.0. The van der Waals surface area contributed by atoms with E-state index in [9.17, 15) is 0 Å². The minimum absolute atomic E-state index is 0. The maximum Gasteiger partial charge on any atom is 0.191 e. The predicted molar refractivity (Wildman–Crippen MR) is 141 cm³/mol. The van der Waals surface area contributed by atoms with Crippen molar-refractivity contribution in [1.29, 1.82) is 0 Å². The molecule has 1 atom stereocenters. The molecule has 1 aromatic heterocycles. The maximum absolute atomic E-state index is 5.57. The second kappa shape index (κ2) is 15.0. The number of hydrogen-bond acceptors (Lipinski definition) is 6. The summed E-state index contributed by atoms with van der Waals surface area (Å²) in [5.74, 6) is 2.29. The van der Waals surface area contributed by atoms with Crippen LogP contribution < -0.4 is 20.1 Å². The van der Waals surface area contributed by atoms with Crippen LogP contribution in [0.25, 0.3) is 0 Å². The number of aromatic nitrogens is 2. The van der Waals surface area contributed by atoms with Gasteiger partial charge < -0.3 is 24.8 Å². The SMILES string of the molecule is CCNC(=NCC(c1ccc(OC)c(OC)c1)N1CCOCC1)NCCCn1cccn1.I. The highest BCUT2D eigenvalue weighted by Crippen LogP contribution is 2.32. The summed E-state index contributed by atoms with van der Waals surface area (Å²) < 4.78 is 18.5. The first kappa shape index (κ1) is 27.2. The van der Waals surface area contributed by atoms with E-state index in [1.165, 1.54) is 0 Å². The van der Waals surface area contributed by atoms with Gasteiger partial charge in [0.1, 0.15) is 0 Å². The number of methoxy groups -OCH3 is 2. The van der Waals surface area contributed by atoms with Crippen LogP contribution in [0, 0.1) is 0 Å². The molecule has 1 aromatic carbocycles. The monoisotopic (exact) mass is 572 g/mol. The average molecular weight is 572 g/mol. The Morgan fingerprint density at radius 2 is 1.97 bits per heavy atom. The van der Waals surface area contributed by atoms with Gasteiger partial charge in [0.25, 0.3) is 0 Å². The number of morpholine rings is 1. The fraction of sp³-hybridized carbons (Fsp3) is 0.565. The van der Waals surface area contributed by atoms with Crippen molar-refractivity contribution in [2.45, 2.75) is 25.9 Å². The molecule has 10 heteroatoms. The van der Waals surface area contributed by atoms with E-state index >= 15 is 0 Å².